The second-order valence-electron chi connectivity index (χ2n) is 8.35. The summed E-state index contributed by atoms with van der Waals surface area (Å²) in [6.07, 6.45) is 6.04. The van der Waals surface area contributed by atoms with Gasteiger partial charge < -0.3 is 5.32 Å². The van der Waals surface area contributed by atoms with E-state index in [1.807, 2.05) is 0 Å². The summed E-state index contributed by atoms with van der Waals surface area (Å²) >= 11 is 0. The highest BCUT2D eigenvalue weighted by Crippen LogP contribution is 2.44. The van der Waals surface area contributed by atoms with E-state index in [9.17, 15) is 17.6 Å². The van der Waals surface area contributed by atoms with Gasteiger partial charge in [-0.05, 0) is 61.6 Å². The molecular weight excluding hydrogens is 367 g/mol. The lowest BCUT2D eigenvalue weighted by molar-refractivity contribution is -0.127. The van der Waals surface area contributed by atoms with Crippen LogP contribution in [0.1, 0.15) is 44.1 Å². The molecule has 0 spiro atoms. The van der Waals surface area contributed by atoms with Crippen LogP contribution in [-0.4, -0.2) is 37.8 Å². The fraction of sp³-hybridized carbons (Fsp3) is 0.650. The number of carbonyl (C=O) groups excluding carboxylic acids is 1. The molecule has 3 fully saturated rings. The van der Waals surface area contributed by atoms with Gasteiger partial charge in [0.1, 0.15) is 5.82 Å². The Kier molecular flexibility index (Phi) is 5.25. The summed E-state index contributed by atoms with van der Waals surface area (Å²) in [5, 5.41) is 3.24. The van der Waals surface area contributed by atoms with Gasteiger partial charge in [-0.3, -0.25) is 4.79 Å². The van der Waals surface area contributed by atoms with Gasteiger partial charge in [-0.2, -0.15) is 0 Å². The van der Waals surface area contributed by atoms with Crippen LogP contribution in [0.15, 0.2) is 24.3 Å². The maximum absolute atomic E-state index is 13.0. The van der Waals surface area contributed by atoms with Gasteiger partial charge in [-0.1, -0.05) is 18.6 Å². The number of carbonyl (C=O) groups is 1. The molecule has 4 rings (SSSR count). The Bertz CT molecular complexity index is 788. The van der Waals surface area contributed by atoms with Crippen LogP contribution < -0.4 is 5.32 Å². The lowest BCUT2D eigenvalue weighted by Gasteiger charge is -2.32. The highest BCUT2D eigenvalue weighted by Gasteiger charge is 2.41. The molecule has 3 aliphatic rings. The molecule has 2 saturated carbocycles. The van der Waals surface area contributed by atoms with E-state index in [-0.39, 0.29) is 23.4 Å². The average molecular weight is 395 g/mol. The number of nitrogens with one attached hydrogen (secondary N) is 1. The van der Waals surface area contributed by atoms with Crippen molar-refractivity contribution in [3.8, 4) is 0 Å². The number of halogens is 1. The predicted octanol–water partition coefficient (Wildman–Crippen LogP) is 2.67. The first-order valence-electron chi connectivity index (χ1n) is 9.93. The van der Waals surface area contributed by atoms with E-state index in [2.05, 4.69) is 5.32 Å². The van der Waals surface area contributed by atoms with Crippen LogP contribution in [-0.2, 0) is 20.6 Å². The molecule has 27 heavy (non-hydrogen) atoms. The Balaban J connectivity index is 1.29. The Morgan fingerprint density at radius 2 is 1.78 bits per heavy atom. The largest absolute Gasteiger partial charge is 0.353 e. The molecule has 1 saturated heterocycles. The molecule has 1 aromatic carbocycles. The number of rotatable bonds is 5. The molecular formula is C20H27FN2O3S. The molecule has 1 N–H and O–H groups in total. The maximum Gasteiger partial charge on any atom is 0.223 e. The van der Waals surface area contributed by atoms with Crippen molar-refractivity contribution in [1.29, 1.82) is 0 Å². The summed E-state index contributed by atoms with van der Waals surface area (Å²) in [7, 11) is -3.45. The van der Waals surface area contributed by atoms with Gasteiger partial charge in [0.05, 0.1) is 5.75 Å². The van der Waals surface area contributed by atoms with Crippen molar-refractivity contribution in [3.63, 3.8) is 0 Å². The van der Waals surface area contributed by atoms with E-state index in [0.29, 0.717) is 43.5 Å². The van der Waals surface area contributed by atoms with E-state index >= 15 is 0 Å². The Morgan fingerprint density at radius 1 is 1.07 bits per heavy atom. The van der Waals surface area contributed by atoms with Gasteiger partial charge in [-0.25, -0.2) is 17.1 Å². The first-order valence-corrected chi connectivity index (χ1v) is 11.5. The van der Waals surface area contributed by atoms with Crippen LogP contribution in [0.3, 0.4) is 0 Å². The summed E-state index contributed by atoms with van der Waals surface area (Å²) in [6.45, 7) is 0.747. The van der Waals surface area contributed by atoms with Crippen LogP contribution >= 0.6 is 0 Å². The zero-order valence-corrected chi connectivity index (χ0v) is 16.3. The number of hydrogen-bond donors (Lipinski definition) is 1. The molecule has 1 aromatic rings. The summed E-state index contributed by atoms with van der Waals surface area (Å²) in [5.41, 5.74) is 0.576. The smallest absolute Gasteiger partial charge is 0.223 e. The molecule has 0 radical (unpaired) electrons. The number of nitrogens with zero attached hydrogens (tertiary/aromatic N) is 1. The molecule has 1 aliphatic heterocycles. The van der Waals surface area contributed by atoms with Crippen molar-refractivity contribution < 1.29 is 17.6 Å². The van der Waals surface area contributed by atoms with E-state index in [0.717, 1.165) is 12.3 Å². The van der Waals surface area contributed by atoms with Gasteiger partial charge in [0, 0.05) is 25.0 Å². The maximum atomic E-state index is 13.0. The SMILES string of the molecule is O=C(N[C@H]1C[C@@H]2CC[C@@H]1C2)C1CCN(S(=O)(=O)Cc2ccc(F)cc2)CC1. The van der Waals surface area contributed by atoms with Crippen LogP contribution in [0.25, 0.3) is 0 Å². The average Bonchev–Trinajstić information content (AvgIpc) is 3.27. The number of hydrogen-bond acceptors (Lipinski definition) is 3. The molecule has 2 bridgehead atoms. The van der Waals surface area contributed by atoms with Crippen molar-refractivity contribution in [2.45, 2.75) is 50.3 Å². The van der Waals surface area contributed by atoms with Crippen molar-refractivity contribution in [2.24, 2.45) is 17.8 Å². The van der Waals surface area contributed by atoms with Gasteiger partial charge in [0.15, 0.2) is 0 Å². The lowest BCUT2D eigenvalue weighted by atomic mass is 9.93. The number of piperidine rings is 1. The fourth-order valence-electron chi connectivity index (χ4n) is 5.00. The number of fused-ring (bicyclic) bond motifs is 2. The Morgan fingerprint density at radius 3 is 2.37 bits per heavy atom. The van der Waals surface area contributed by atoms with Gasteiger partial charge in [0.25, 0.3) is 0 Å². The summed E-state index contributed by atoms with van der Waals surface area (Å²) in [4.78, 5) is 12.6. The minimum Gasteiger partial charge on any atom is -0.353 e. The predicted molar refractivity (Wildman–Crippen MR) is 101 cm³/mol. The van der Waals surface area contributed by atoms with Crippen molar-refractivity contribution >= 4 is 15.9 Å². The van der Waals surface area contributed by atoms with Crippen molar-refractivity contribution in [3.05, 3.63) is 35.6 Å². The van der Waals surface area contributed by atoms with Crippen LogP contribution in [0.4, 0.5) is 4.39 Å². The normalized spacial score (nSPS) is 29.1. The molecule has 3 atom stereocenters. The molecule has 0 unspecified atom stereocenters. The molecule has 148 valence electrons. The molecule has 0 aromatic heterocycles. The minimum absolute atomic E-state index is 0.0959. The minimum atomic E-state index is -3.45. The van der Waals surface area contributed by atoms with Crippen LogP contribution in [0.5, 0.6) is 0 Å². The van der Waals surface area contributed by atoms with Gasteiger partial charge in [-0.15, -0.1) is 0 Å². The summed E-state index contributed by atoms with van der Waals surface area (Å²) < 4.78 is 39.7. The Labute approximate surface area is 160 Å². The van der Waals surface area contributed by atoms with Gasteiger partial charge >= 0.3 is 0 Å². The molecule has 2 aliphatic carbocycles. The number of benzene rings is 1. The van der Waals surface area contributed by atoms with Crippen molar-refractivity contribution in [2.75, 3.05) is 13.1 Å². The molecule has 7 heteroatoms. The van der Waals surface area contributed by atoms with Gasteiger partial charge in [0.2, 0.25) is 15.9 Å². The highest BCUT2D eigenvalue weighted by molar-refractivity contribution is 7.88. The van der Waals surface area contributed by atoms with Crippen LogP contribution in [0, 0.1) is 23.6 Å². The zero-order valence-electron chi connectivity index (χ0n) is 15.4. The highest BCUT2D eigenvalue weighted by atomic mass is 32.2. The monoisotopic (exact) mass is 394 g/mol. The summed E-state index contributed by atoms with van der Waals surface area (Å²) in [6, 6.07) is 5.88. The summed E-state index contributed by atoms with van der Waals surface area (Å²) in [5.74, 6) is 0.937. The van der Waals surface area contributed by atoms with Crippen LogP contribution in [0.2, 0.25) is 0 Å². The third-order valence-electron chi connectivity index (χ3n) is 6.55. The van der Waals surface area contributed by atoms with Crippen molar-refractivity contribution in [1.82, 2.24) is 9.62 Å². The quantitative estimate of drug-likeness (QED) is 0.835. The fourth-order valence-corrected chi connectivity index (χ4v) is 6.56. The van der Waals surface area contributed by atoms with E-state index in [1.165, 1.54) is 47.8 Å². The zero-order chi connectivity index (χ0) is 19.0. The van der Waals surface area contributed by atoms with E-state index in [1.54, 1.807) is 0 Å². The molecule has 5 nitrogen and oxygen atoms in total. The number of amides is 1. The lowest BCUT2D eigenvalue weighted by Crippen LogP contribution is -2.46. The molecule has 1 amide bonds. The Hall–Kier alpha value is -1.47. The second-order valence-corrected chi connectivity index (χ2v) is 10.3. The second kappa shape index (κ2) is 7.51. The first-order chi connectivity index (χ1) is 12.9. The standard InChI is InChI=1S/C20H27FN2O3S/c21-18-5-2-14(3-6-18)13-27(25,26)23-9-7-16(8-10-23)20(24)22-19-12-15-1-4-17(19)11-15/h2-3,5-6,15-17,19H,1,4,7-13H2,(H,22,24)/t15-,17-,19+/m1/s1. The third-order valence-corrected chi connectivity index (χ3v) is 8.40. The molecule has 1 heterocycles. The number of sulfonamides is 1. The van der Waals surface area contributed by atoms with E-state index < -0.39 is 10.0 Å². The van der Waals surface area contributed by atoms with E-state index in [4.69, 9.17) is 0 Å². The first kappa shape index (κ1) is 18.9. The third kappa shape index (κ3) is 4.19. The topological polar surface area (TPSA) is 66.5 Å².